The summed E-state index contributed by atoms with van der Waals surface area (Å²) in [7, 11) is 0. The van der Waals surface area contributed by atoms with Crippen LogP contribution in [-0.4, -0.2) is 47.5 Å². The van der Waals surface area contributed by atoms with Crippen LogP contribution in [0.2, 0.25) is 0 Å². The van der Waals surface area contributed by atoms with E-state index in [1.165, 1.54) is 50.7 Å². The number of nitrogens with one attached hydrogen (secondary N) is 1. The lowest BCUT2D eigenvalue weighted by Crippen LogP contribution is -2.44. The Bertz CT molecular complexity index is 410. The second-order valence-electron chi connectivity index (χ2n) is 7.98. The molecule has 2 aliphatic heterocycles. The van der Waals surface area contributed by atoms with Gasteiger partial charge >= 0.3 is 0 Å². The van der Waals surface area contributed by atoms with Crippen molar-refractivity contribution in [3.63, 3.8) is 0 Å². The lowest BCUT2D eigenvalue weighted by atomic mass is 9.83. The molecule has 4 heteroatoms. The average Bonchev–Trinajstić information content (AvgIpc) is 3.24. The van der Waals surface area contributed by atoms with E-state index in [1.54, 1.807) is 0 Å². The fourth-order valence-corrected chi connectivity index (χ4v) is 6.45. The molecule has 0 aromatic heterocycles. The van der Waals surface area contributed by atoms with E-state index in [-0.39, 0.29) is 0 Å². The maximum Gasteiger partial charge on any atom is 0.224 e. The van der Waals surface area contributed by atoms with E-state index < -0.39 is 0 Å². The molecule has 2 heterocycles. The van der Waals surface area contributed by atoms with Crippen LogP contribution in [0, 0.1) is 17.8 Å². The third-order valence-corrected chi connectivity index (χ3v) is 7.71. The zero-order chi connectivity index (χ0) is 14.9. The average molecular weight is 323 g/mol. The van der Waals surface area contributed by atoms with Crippen molar-refractivity contribution in [2.45, 2.75) is 63.5 Å². The van der Waals surface area contributed by atoms with Gasteiger partial charge in [0.1, 0.15) is 0 Å². The first-order chi connectivity index (χ1) is 10.8. The van der Waals surface area contributed by atoms with E-state index in [0.717, 1.165) is 43.0 Å². The maximum atomic E-state index is 12.7. The molecule has 0 aromatic carbocycles. The largest absolute Gasteiger partial charge is 0.340 e. The van der Waals surface area contributed by atoms with Crippen LogP contribution in [0.25, 0.3) is 0 Å². The summed E-state index contributed by atoms with van der Waals surface area (Å²) in [4.78, 5) is 15.0. The van der Waals surface area contributed by atoms with Crippen molar-refractivity contribution in [2.24, 2.45) is 17.8 Å². The Kier molecular flexibility index (Phi) is 4.68. The number of nitrogens with zero attached hydrogens (tertiary/aromatic N) is 1. The molecule has 2 bridgehead atoms. The smallest absolute Gasteiger partial charge is 0.224 e. The van der Waals surface area contributed by atoms with Crippen LogP contribution in [0.3, 0.4) is 0 Å². The Morgan fingerprint density at radius 3 is 2.91 bits per heavy atom. The summed E-state index contributed by atoms with van der Waals surface area (Å²) >= 11 is 1.99. The van der Waals surface area contributed by atoms with Gasteiger partial charge in [0, 0.05) is 43.1 Å². The van der Waals surface area contributed by atoms with Gasteiger partial charge in [-0.3, -0.25) is 4.79 Å². The fraction of sp³-hybridized carbons (Fsp3) is 0.944. The Morgan fingerprint density at radius 2 is 2.18 bits per heavy atom. The minimum absolute atomic E-state index is 0.412. The first-order valence-corrected chi connectivity index (χ1v) is 10.6. The molecule has 4 aliphatic rings. The highest BCUT2D eigenvalue weighted by Crippen LogP contribution is 2.50. The minimum atomic E-state index is 0.412. The number of hydrogen-bond donors (Lipinski definition) is 1. The summed E-state index contributed by atoms with van der Waals surface area (Å²) in [6, 6.07) is 0.975. The van der Waals surface area contributed by atoms with E-state index in [4.69, 9.17) is 0 Å². The number of carbonyl (C=O) groups is 1. The predicted octanol–water partition coefficient (Wildman–Crippen LogP) is 2.90. The van der Waals surface area contributed by atoms with Gasteiger partial charge in [0.15, 0.2) is 0 Å². The Hall–Kier alpha value is -0.220. The van der Waals surface area contributed by atoms with Crippen LogP contribution in [0.4, 0.5) is 0 Å². The first-order valence-electron chi connectivity index (χ1n) is 9.40. The zero-order valence-electron chi connectivity index (χ0n) is 13.6. The van der Waals surface area contributed by atoms with Crippen LogP contribution in [0.5, 0.6) is 0 Å². The number of thioether (sulfide) groups is 1. The number of rotatable bonds is 4. The van der Waals surface area contributed by atoms with Crippen LogP contribution in [-0.2, 0) is 4.79 Å². The number of fused-ring (bicyclic) bond motifs is 2. The molecule has 0 radical (unpaired) electrons. The molecular weight excluding hydrogens is 292 g/mol. The molecule has 2 saturated heterocycles. The summed E-state index contributed by atoms with van der Waals surface area (Å²) in [5, 5.41) is 3.52. The highest BCUT2D eigenvalue weighted by Gasteiger charge is 2.42. The van der Waals surface area contributed by atoms with Crippen molar-refractivity contribution in [3.05, 3.63) is 0 Å². The van der Waals surface area contributed by atoms with Gasteiger partial charge in [-0.05, 0) is 56.3 Å². The van der Waals surface area contributed by atoms with Gasteiger partial charge < -0.3 is 10.2 Å². The summed E-state index contributed by atoms with van der Waals surface area (Å²) in [5.74, 6) is 5.69. The number of hydrogen-bond acceptors (Lipinski definition) is 3. The molecule has 1 N–H and O–H groups in total. The summed E-state index contributed by atoms with van der Waals surface area (Å²) in [5.41, 5.74) is 0. The minimum Gasteiger partial charge on any atom is -0.340 e. The van der Waals surface area contributed by atoms with Gasteiger partial charge in [0.05, 0.1) is 0 Å². The number of likely N-dealkylation sites (tertiary alicyclic amines) is 1. The molecule has 5 unspecified atom stereocenters. The Morgan fingerprint density at radius 1 is 1.23 bits per heavy atom. The second-order valence-corrected chi connectivity index (χ2v) is 9.13. The van der Waals surface area contributed by atoms with Crippen molar-refractivity contribution in [2.75, 3.05) is 24.6 Å². The molecule has 3 nitrogen and oxygen atoms in total. The lowest BCUT2D eigenvalue weighted by Gasteiger charge is -2.32. The van der Waals surface area contributed by atoms with Gasteiger partial charge in [0.2, 0.25) is 5.91 Å². The molecule has 5 atom stereocenters. The maximum absolute atomic E-state index is 12.7. The molecule has 2 saturated carbocycles. The number of amides is 1. The Balaban J connectivity index is 1.31. The van der Waals surface area contributed by atoms with Gasteiger partial charge in [-0.2, -0.15) is 11.8 Å². The van der Waals surface area contributed by atoms with Crippen LogP contribution < -0.4 is 5.32 Å². The van der Waals surface area contributed by atoms with Crippen molar-refractivity contribution in [1.29, 1.82) is 0 Å². The molecular formula is C18H30N2OS. The van der Waals surface area contributed by atoms with Gasteiger partial charge in [-0.25, -0.2) is 0 Å². The van der Waals surface area contributed by atoms with E-state index in [2.05, 4.69) is 10.2 Å². The normalized spacial score (nSPS) is 41.3. The molecule has 1 amide bonds. The van der Waals surface area contributed by atoms with Crippen molar-refractivity contribution in [1.82, 2.24) is 10.2 Å². The first kappa shape index (κ1) is 15.3. The molecule has 124 valence electrons. The van der Waals surface area contributed by atoms with Crippen LogP contribution in [0.1, 0.15) is 51.4 Å². The van der Waals surface area contributed by atoms with E-state index in [0.29, 0.717) is 18.0 Å². The predicted molar refractivity (Wildman–Crippen MR) is 92.0 cm³/mol. The Labute approximate surface area is 139 Å². The zero-order valence-corrected chi connectivity index (χ0v) is 14.5. The highest BCUT2D eigenvalue weighted by molar-refractivity contribution is 7.99. The molecule has 4 rings (SSSR count). The van der Waals surface area contributed by atoms with Crippen LogP contribution in [0.15, 0.2) is 0 Å². The monoisotopic (exact) mass is 322 g/mol. The van der Waals surface area contributed by atoms with E-state index >= 15 is 0 Å². The van der Waals surface area contributed by atoms with Crippen molar-refractivity contribution in [3.8, 4) is 0 Å². The topological polar surface area (TPSA) is 32.3 Å². The third kappa shape index (κ3) is 3.19. The standard InChI is InChI=1S/C18H30N2OS/c21-18(11-16-12-22-7-5-19-16)20-6-1-2-17(20)10-15-9-13-3-4-14(15)8-13/h13-17,19H,1-12H2. The van der Waals surface area contributed by atoms with Crippen molar-refractivity contribution >= 4 is 17.7 Å². The van der Waals surface area contributed by atoms with Gasteiger partial charge in [-0.15, -0.1) is 0 Å². The van der Waals surface area contributed by atoms with E-state index in [1.807, 2.05) is 11.8 Å². The van der Waals surface area contributed by atoms with E-state index in [9.17, 15) is 4.79 Å². The fourth-order valence-electron chi connectivity index (χ4n) is 5.50. The quantitative estimate of drug-likeness (QED) is 0.864. The van der Waals surface area contributed by atoms with Crippen molar-refractivity contribution < 1.29 is 4.79 Å². The molecule has 0 spiro atoms. The molecule has 2 aliphatic carbocycles. The number of carbonyl (C=O) groups excluding carboxylic acids is 1. The second kappa shape index (κ2) is 6.72. The summed E-state index contributed by atoms with van der Waals surface area (Å²) in [6.07, 6.45) is 10.4. The molecule has 0 aromatic rings. The van der Waals surface area contributed by atoms with Gasteiger partial charge in [-0.1, -0.05) is 6.42 Å². The highest BCUT2D eigenvalue weighted by atomic mass is 32.2. The van der Waals surface area contributed by atoms with Crippen LogP contribution >= 0.6 is 11.8 Å². The summed E-state index contributed by atoms with van der Waals surface area (Å²) in [6.45, 7) is 2.08. The molecule has 22 heavy (non-hydrogen) atoms. The summed E-state index contributed by atoms with van der Waals surface area (Å²) < 4.78 is 0. The molecule has 4 fully saturated rings. The SMILES string of the molecule is O=C(CC1CSCCN1)N1CCCC1CC1CC2CCC1C2. The lowest BCUT2D eigenvalue weighted by molar-refractivity contribution is -0.132. The van der Waals surface area contributed by atoms with Gasteiger partial charge in [0.25, 0.3) is 0 Å². The third-order valence-electron chi connectivity index (χ3n) is 6.58.